The van der Waals surface area contributed by atoms with E-state index >= 15 is 0 Å². The second kappa shape index (κ2) is 6.61. The zero-order chi connectivity index (χ0) is 15.3. The van der Waals surface area contributed by atoms with Gasteiger partial charge in [-0.05, 0) is 0 Å². The van der Waals surface area contributed by atoms with Gasteiger partial charge in [0.1, 0.15) is 10.7 Å². The second-order valence-electron chi connectivity index (χ2n) is 4.13. The summed E-state index contributed by atoms with van der Waals surface area (Å²) in [7, 11) is 0. The molecule has 0 aliphatic carbocycles. The Morgan fingerprint density at radius 1 is 1.33 bits per heavy atom. The van der Waals surface area contributed by atoms with E-state index in [2.05, 4.69) is 20.3 Å². The minimum Gasteiger partial charge on any atom is -0.350 e. The highest BCUT2D eigenvalue weighted by Crippen LogP contribution is 2.22. The average molecular weight is 316 g/mol. The molecule has 1 N–H and O–H groups in total. The van der Waals surface area contributed by atoms with Gasteiger partial charge in [0.05, 0.1) is 24.9 Å². The number of nitrogens with zero attached hydrogens (tertiary/aromatic N) is 3. The summed E-state index contributed by atoms with van der Waals surface area (Å²) in [4.78, 5) is 23.5. The summed E-state index contributed by atoms with van der Waals surface area (Å²) in [6.07, 6.45) is -1.39. The summed E-state index contributed by atoms with van der Waals surface area (Å²) in [6, 6.07) is 0. The van der Waals surface area contributed by atoms with Crippen LogP contribution in [-0.2, 0) is 11.3 Å². The molecule has 0 saturated heterocycles. The number of hydrogen-bond donors (Lipinski definition) is 1. The second-order valence-corrected chi connectivity index (χ2v) is 4.98. The summed E-state index contributed by atoms with van der Waals surface area (Å²) >= 11 is 1.33. The predicted molar refractivity (Wildman–Crippen MR) is 70.3 cm³/mol. The molecule has 0 aromatic carbocycles. The summed E-state index contributed by atoms with van der Waals surface area (Å²) < 4.78 is 35.9. The topological polar surface area (TPSA) is 67.8 Å². The maximum Gasteiger partial charge on any atom is 0.389 e. The molecule has 0 aliphatic heterocycles. The molecule has 9 heteroatoms. The molecule has 0 aliphatic rings. The Kier molecular flexibility index (Phi) is 4.84. The SMILES string of the molecule is O=C(CCC(F)(F)F)NCc1csc(-c2cnccn2)n1. The number of hydrogen-bond acceptors (Lipinski definition) is 5. The van der Waals surface area contributed by atoms with E-state index in [4.69, 9.17) is 0 Å². The predicted octanol–water partition coefficient (Wildman–Crippen LogP) is 2.56. The molecule has 0 spiro atoms. The van der Waals surface area contributed by atoms with Gasteiger partial charge >= 0.3 is 6.18 Å². The Morgan fingerprint density at radius 2 is 2.14 bits per heavy atom. The molecule has 112 valence electrons. The van der Waals surface area contributed by atoms with Crippen molar-refractivity contribution in [1.82, 2.24) is 20.3 Å². The molecular weight excluding hydrogens is 305 g/mol. The van der Waals surface area contributed by atoms with Crippen molar-refractivity contribution in [1.29, 1.82) is 0 Å². The normalized spacial score (nSPS) is 11.4. The van der Waals surface area contributed by atoms with Gasteiger partial charge in [-0.15, -0.1) is 11.3 Å². The Bertz CT molecular complexity index is 600. The van der Waals surface area contributed by atoms with Gasteiger partial charge in [-0.2, -0.15) is 13.2 Å². The fourth-order valence-corrected chi connectivity index (χ4v) is 2.23. The van der Waals surface area contributed by atoms with Crippen LogP contribution < -0.4 is 5.32 Å². The number of carbonyl (C=O) groups excluding carboxylic acids is 1. The van der Waals surface area contributed by atoms with Gasteiger partial charge in [0.2, 0.25) is 5.91 Å². The molecule has 0 fully saturated rings. The molecule has 0 saturated carbocycles. The molecule has 0 unspecified atom stereocenters. The molecule has 21 heavy (non-hydrogen) atoms. The van der Waals surface area contributed by atoms with E-state index in [1.54, 1.807) is 17.8 Å². The van der Waals surface area contributed by atoms with Crippen molar-refractivity contribution >= 4 is 17.2 Å². The van der Waals surface area contributed by atoms with Crippen LogP contribution in [0.3, 0.4) is 0 Å². The van der Waals surface area contributed by atoms with Crippen molar-refractivity contribution in [3.8, 4) is 10.7 Å². The van der Waals surface area contributed by atoms with E-state index in [-0.39, 0.29) is 6.54 Å². The Balaban J connectivity index is 1.85. The third kappa shape index (κ3) is 5.10. The van der Waals surface area contributed by atoms with Crippen LogP contribution in [0.15, 0.2) is 24.0 Å². The zero-order valence-corrected chi connectivity index (χ0v) is 11.5. The standard InChI is InChI=1S/C12H11F3N4OS/c13-12(14,15)2-1-10(20)18-5-8-7-21-11(19-8)9-6-16-3-4-17-9/h3-4,6-7H,1-2,5H2,(H,18,20). The summed E-state index contributed by atoms with van der Waals surface area (Å²) in [5.41, 5.74) is 1.18. The molecular formula is C12H11F3N4OS. The van der Waals surface area contributed by atoms with E-state index in [0.29, 0.717) is 16.4 Å². The van der Waals surface area contributed by atoms with Gasteiger partial charge in [0.25, 0.3) is 0 Å². The number of rotatable bonds is 5. The lowest BCUT2D eigenvalue weighted by atomic mass is 10.3. The fourth-order valence-electron chi connectivity index (χ4n) is 1.45. The highest BCUT2D eigenvalue weighted by Gasteiger charge is 2.27. The van der Waals surface area contributed by atoms with Crippen molar-refractivity contribution in [3.63, 3.8) is 0 Å². The van der Waals surface area contributed by atoms with E-state index in [0.717, 1.165) is 0 Å². The highest BCUT2D eigenvalue weighted by atomic mass is 32.1. The summed E-state index contributed by atoms with van der Waals surface area (Å²) in [5.74, 6) is -0.652. The van der Waals surface area contributed by atoms with E-state index in [1.165, 1.54) is 17.5 Å². The number of aromatic nitrogens is 3. The quantitative estimate of drug-likeness (QED) is 0.920. The van der Waals surface area contributed by atoms with Gasteiger partial charge in [-0.1, -0.05) is 0 Å². The van der Waals surface area contributed by atoms with Crippen molar-refractivity contribution < 1.29 is 18.0 Å². The number of alkyl halides is 3. The van der Waals surface area contributed by atoms with Crippen LogP contribution in [-0.4, -0.2) is 27.0 Å². The van der Waals surface area contributed by atoms with E-state index in [9.17, 15) is 18.0 Å². The first-order valence-electron chi connectivity index (χ1n) is 5.98. The first-order valence-corrected chi connectivity index (χ1v) is 6.86. The molecule has 1 amide bonds. The van der Waals surface area contributed by atoms with Gasteiger partial charge < -0.3 is 5.32 Å². The van der Waals surface area contributed by atoms with Crippen LogP contribution in [0.5, 0.6) is 0 Å². The number of amides is 1. The number of nitrogens with one attached hydrogen (secondary N) is 1. The fraction of sp³-hybridized carbons (Fsp3) is 0.333. The molecule has 5 nitrogen and oxygen atoms in total. The number of carbonyl (C=O) groups is 1. The Morgan fingerprint density at radius 3 is 2.81 bits per heavy atom. The minimum absolute atomic E-state index is 0.0907. The Hall–Kier alpha value is -2.03. The number of halogens is 3. The third-order valence-electron chi connectivity index (χ3n) is 2.44. The van der Waals surface area contributed by atoms with E-state index < -0.39 is 24.9 Å². The lowest BCUT2D eigenvalue weighted by Crippen LogP contribution is -2.24. The Labute approximate surface area is 122 Å². The summed E-state index contributed by atoms with van der Waals surface area (Å²) in [5, 5.41) is 4.76. The van der Waals surface area contributed by atoms with Crippen LogP contribution in [0, 0.1) is 0 Å². The van der Waals surface area contributed by atoms with Crippen molar-refractivity contribution in [2.75, 3.05) is 0 Å². The van der Waals surface area contributed by atoms with Gasteiger partial charge in [-0.25, -0.2) is 4.98 Å². The third-order valence-corrected chi connectivity index (χ3v) is 3.35. The van der Waals surface area contributed by atoms with Crippen LogP contribution >= 0.6 is 11.3 Å². The molecule has 2 aromatic rings. The molecule has 0 bridgehead atoms. The lowest BCUT2D eigenvalue weighted by Gasteiger charge is -2.06. The number of thiazole rings is 1. The molecule has 2 heterocycles. The maximum atomic E-state index is 12.0. The maximum absolute atomic E-state index is 12.0. The molecule has 0 radical (unpaired) electrons. The average Bonchev–Trinajstić information content (AvgIpc) is 2.92. The van der Waals surface area contributed by atoms with E-state index in [1.807, 2.05) is 0 Å². The summed E-state index contributed by atoms with van der Waals surface area (Å²) in [6.45, 7) is 0.0907. The largest absolute Gasteiger partial charge is 0.389 e. The first kappa shape index (κ1) is 15.4. The van der Waals surface area contributed by atoms with Crippen molar-refractivity contribution in [2.24, 2.45) is 0 Å². The molecule has 2 rings (SSSR count). The van der Waals surface area contributed by atoms with Gasteiger partial charge in [0.15, 0.2) is 0 Å². The van der Waals surface area contributed by atoms with Crippen LogP contribution in [0.2, 0.25) is 0 Å². The van der Waals surface area contributed by atoms with Gasteiger partial charge in [-0.3, -0.25) is 14.8 Å². The van der Waals surface area contributed by atoms with Crippen molar-refractivity contribution in [3.05, 3.63) is 29.7 Å². The highest BCUT2D eigenvalue weighted by molar-refractivity contribution is 7.13. The van der Waals surface area contributed by atoms with Crippen molar-refractivity contribution in [2.45, 2.75) is 25.6 Å². The van der Waals surface area contributed by atoms with Crippen LogP contribution in [0.1, 0.15) is 18.5 Å². The molecule has 2 aromatic heterocycles. The zero-order valence-electron chi connectivity index (χ0n) is 10.7. The van der Waals surface area contributed by atoms with Crippen LogP contribution in [0.4, 0.5) is 13.2 Å². The van der Waals surface area contributed by atoms with Crippen LogP contribution in [0.25, 0.3) is 10.7 Å². The first-order chi connectivity index (χ1) is 9.94. The lowest BCUT2D eigenvalue weighted by molar-refractivity contribution is -0.144. The monoisotopic (exact) mass is 316 g/mol. The minimum atomic E-state index is -4.32. The van der Waals surface area contributed by atoms with Gasteiger partial charge in [0, 0.05) is 24.2 Å². The molecule has 0 atom stereocenters. The smallest absolute Gasteiger partial charge is 0.350 e.